The third-order valence-electron chi connectivity index (χ3n) is 4.68. The average molecular weight is 428 g/mol. The van der Waals surface area contributed by atoms with Gasteiger partial charge in [0.2, 0.25) is 0 Å². The van der Waals surface area contributed by atoms with Gasteiger partial charge in [-0.05, 0) is 11.1 Å². The number of carboxylic acids is 1. The molecular weight excluding hydrogens is 404 g/mol. The lowest BCUT2D eigenvalue weighted by Crippen LogP contribution is -2.67. The number of carboxylic acid groups (broad SMARTS) is 1. The first-order valence-electron chi connectivity index (χ1n) is 9.53. The second-order valence-corrected chi connectivity index (χ2v) is 6.70. The zero-order chi connectivity index (χ0) is 22.9. The van der Waals surface area contributed by atoms with E-state index in [0.717, 1.165) is 0 Å². The molecule has 0 saturated carbocycles. The smallest absolute Gasteiger partial charge is 0.408 e. The standard InChI is InChI=1S/C22H24N2O7/c1-2-17(25)19(24-21(29)30-14-16-11-7-4-8-12-16)22(31-23,20(27)28)18(26)13-15-9-5-3-6-10-15/h3-12,19H,2,13-14,23H2,1H3,(H,24,29)(H,27,28). The van der Waals surface area contributed by atoms with Crippen LogP contribution in [0.2, 0.25) is 0 Å². The van der Waals surface area contributed by atoms with Crippen molar-refractivity contribution in [2.24, 2.45) is 5.90 Å². The number of carbonyl (C=O) groups is 4. The number of benzene rings is 2. The van der Waals surface area contributed by atoms with Gasteiger partial charge in [0.05, 0.1) is 0 Å². The molecule has 0 heterocycles. The van der Waals surface area contributed by atoms with Crippen molar-refractivity contribution in [3.63, 3.8) is 0 Å². The third kappa shape index (κ3) is 5.74. The van der Waals surface area contributed by atoms with E-state index < -0.39 is 35.3 Å². The Balaban J connectivity index is 2.28. The summed E-state index contributed by atoms with van der Waals surface area (Å²) in [5.74, 6) is 1.70. The van der Waals surface area contributed by atoms with E-state index in [9.17, 15) is 24.3 Å². The lowest BCUT2D eigenvalue weighted by atomic mass is 9.83. The lowest BCUT2D eigenvalue weighted by molar-refractivity contribution is -0.179. The molecule has 0 aliphatic heterocycles. The molecule has 4 N–H and O–H groups in total. The van der Waals surface area contributed by atoms with Crippen LogP contribution in [0.3, 0.4) is 0 Å². The molecule has 2 aromatic rings. The van der Waals surface area contributed by atoms with E-state index in [0.29, 0.717) is 11.1 Å². The van der Waals surface area contributed by atoms with Crippen molar-refractivity contribution in [2.75, 3.05) is 0 Å². The highest BCUT2D eigenvalue weighted by Crippen LogP contribution is 2.22. The summed E-state index contributed by atoms with van der Waals surface area (Å²) < 4.78 is 5.07. The molecule has 9 nitrogen and oxygen atoms in total. The van der Waals surface area contributed by atoms with E-state index in [1.54, 1.807) is 60.7 Å². The van der Waals surface area contributed by atoms with E-state index in [1.165, 1.54) is 6.92 Å². The monoisotopic (exact) mass is 428 g/mol. The minimum Gasteiger partial charge on any atom is -0.479 e. The summed E-state index contributed by atoms with van der Waals surface area (Å²) in [4.78, 5) is 54.7. The van der Waals surface area contributed by atoms with Gasteiger partial charge in [0.15, 0.2) is 11.6 Å². The highest BCUT2D eigenvalue weighted by molar-refractivity contribution is 6.13. The first kappa shape index (κ1) is 23.7. The van der Waals surface area contributed by atoms with Crippen molar-refractivity contribution in [3.8, 4) is 0 Å². The van der Waals surface area contributed by atoms with Crippen molar-refractivity contribution >= 4 is 23.6 Å². The molecule has 0 saturated heterocycles. The number of Topliss-reactive ketones (excluding diaryl/α,β-unsaturated/α-hetero) is 2. The van der Waals surface area contributed by atoms with Gasteiger partial charge in [-0.1, -0.05) is 67.6 Å². The summed E-state index contributed by atoms with van der Waals surface area (Å²) >= 11 is 0. The van der Waals surface area contributed by atoms with Crippen molar-refractivity contribution < 1.29 is 33.9 Å². The molecule has 0 aliphatic carbocycles. The van der Waals surface area contributed by atoms with Crippen LogP contribution >= 0.6 is 0 Å². The number of hydrogen-bond acceptors (Lipinski definition) is 7. The van der Waals surface area contributed by atoms with E-state index in [1.807, 2.05) is 0 Å². The highest BCUT2D eigenvalue weighted by Gasteiger charge is 2.57. The fourth-order valence-corrected chi connectivity index (χ4v) is 3.00. The van der Waals surface area contributed by atoms with E-state index >= 15 is 0 Å². The SMILES string of the molecule is CCC(=O)C(NC(=O)OCc1ccccc1)C(ON)(C(=O)O)C(=O)Cc1ccccc1. The Labute approximate surface area is 179 Å². The molecule has 0 fully saturated rings. The molecule has 2 aromatic carbocycles. The van der Waals surface area contributed by atoms with Crippen LogP contribution in [-0.2, 0) is 37.0 Å². The van der Waals surface area contributed by atoms with Gasteiger partial charge in [-0.15, -0.1) is 0 Å². The summed E-state index contributed by atoms with van der Waals surface area (Å²) in [5, 5.41) is 12.0. The van der Waals surface area contributed by atoms with Crippen molar-refractivity contribution in [2.45, 2.75) is 38.0 Å². The molecular formula is C22H24N2O7. The number of carbonyl (C=O) groups excluding carboxylic acids is 3. The topological polar surface area (TPSA) is 145 Å². The quantitative estimate of drug-likeness (QED) is 0.363. The van der Waals surface area contributed by atoms with Crippen LogP contribution in [0.1, 0.15) is 24.5 Å². The van der Waals surface area contributed by atoms with E-state index in [2.05, 4.69) is 10.2 Å². The van der Waals surface area contributed by atoms with Crippen LogP contribution in [0.4, 0.5) is 4.79 Å². The Bertz CT molecular complexity index is 918. The zero-order valence-corrected chi connectivity index (χ0v) is 16.9. The van der Waals surface area contributed by atoms with Gasteiger partial charge in [-0.2, -0.15) is 0 Å². The number of ketones is 2. The van der Waals surface area contributed by atoms with Crippen LogP contribution in [0.15, 0.2) is 60.7 Å². The largest absolute Gasteiger partial charge is 0.479 e. The number of nitrogens with two attached hydrogens (primary N) is 1. The molecule has 0 radical (unpaired) electrons. The number of ether oxygens (including phenoxy) is 1. The fourth-order valence-electron chi connectivity index (χ4n) is 3.00. The van der Waals surface area contributed by atoms with Gasteiger partial charge in [0.1, 0.15) is 12.6 Å². The van der Waals surface area contributed by atoms with E-state index in [4.69, 9.17) is 10.6 Å². The second-order valence-electron chi connectivity index (χ2n) is 6.70. The summed E-state index contributed by atoms with van der Waals surface area (Å²) in [7, 11) is 0. The third-order valence-corrected chi connectivity index (χ3v) is 4.68. The Morgan fingerprint density at radius 2 is 1.55 bits per heavy atom. The first-order chi connectivity index (χ1) is 14.8. The second kappa shape index (κ2) is 11.0. The number of nitrogens with one attached hydrogen (secondary N) is 1. The number of alkyl carbamates (subject to hydrolysis) is 1. The normalized spacial score (nSPS) is 13.5. The van der Waals surface area contributed by atoms with Crippen LogP contribution < -0.4 is 11.2 Å². The predicted octanol–water partition coefficient (Wildman–Crippen LogP) is 1.79. The minimum absolute atomic E-state index is 0.124. The van der Waals surface area contributed by atoms with Crippen molar-refractivity contribution in [3.05, 3.63) is 71.8 Å². The molecule has 0 spiro atoms. The summed E-state index contributed by atoms with van der Waals surface area (Å²) in [5.41, 5.74) is -1.66. The van der Waals surface area contributed by atoms with Gasteiger partial charge < -0.3 is 15.2 Å². The molecule has 2 atom stereocenters. The van der Waals surface area contributed by atoms with Crippen LogP contribution in [0.5, 0.6) is 0 Å². The molecule has 2 rings (SSSR count). The van der Waals surface area contributed by atoms with Gasteiger partial charge in [0.25, 0.3) is 5.60 Å². The molecule has 2 unspecified atom stereocenters. The Hall–Kier alpha value is -3.56. The molecule has 0 bridgehead atoms. The Morgan fingerprint density at radius 3 is 2.03 bits per heavy atom. The van der Waals surface area contributed by atoms with Gasteiger partial charge in [-0.25, -0.2) is 15.5 Å². The minimum atomic E-state index is -2.82. The van der Waals surface area contributed by atoms with Crippen molar-refractivity contribution in [1.82, 2.24) is 5.32 Å². The molecule has 164 valence electrons. The average Bonchev–Trinajstić information content (AvgIpc) is 2.78. The summed E-state index contributed by atoms with van der Waals surface area (Å²) in [6.07, 6.45) is -1.65. The summed E-state index contributed by atoms with van der Waals surface area (Å²) in [6, 6.07) is 15.1. The maximum absolute atomic E-state index is 13.0. The van der Waals surface area contributed by atoms with Crippen LogP contribution in [0.25, 0.3) is 0 Å². The maximum atomic E-state index is 13.0. The molecule has 9 heteroatoms. The van der Waals surface area contributed by atoms with Gasteiger partial charge in [0, 0.05) is 12.8 Å². The maximum Gasteiger partial charge on any atom is 0.408 e. The predicted molar refractivity (Wildman–Crippen MR) is 110 cm³/mol. The molecule has 1 amide bonds. The number of rotatable bonds is 11. The summed E-state index contributed by atoms with van der Waals surface area (Å²) in [6.45, 7) is 1.33. The van der Waals surface area contributed by atoms with Crippen LogP contribution in [0, 0.1) is 0 Å². The van der Waals surface area contributed by atoms with Gasteiger partial charge in [-0.3, -0.25) is 14.4 Å². The lowest BCUT2D eigenvalue weighted by Gasteiger charge is -2.32. The number of hydrogen-bond donors (Lipinski definition) is 3. The van der Waals surface area contributed by atoms with Crippen LogP contribution in [-0.4, -0.2) is 40.4 Å². The Morgan fingerprint density at radius 1 is 1.00 bits per heavy atom. The van der Waals surface area contributed by atoms with Crippen molar-refractivity contribution in [1.29, 1.82) is 0 Å². The van der Waals surface area contributed by atoms with Gasteiger partial charge >= 0.3 is 12.1 Å². The molecule has 0 aliphatic rings. The number of amides is 1. The molecule has 31 heavy (non-hydrogen) atoms. The first-order valence-corrected chi connectivity index (χ1v) is 9.53. The highest BCUT2D eigenvalue weighted by atomic mass is 16.7. The zero-order valence-electron chi connectivity index (χ0n) is 16.9. The van der Waals surface area contributed by atoms with E-state index in [-0.39, 0.29) is 19.4 Å². The Kier molecular flexibility index (Phi) is 8.42. The number of aliphatic carboxylic acids is 1. The molecule has 0 aromatic heterocycles. The fraction of sp³-hybridized carbons (Fsp3) is 0.273.